The Labute approximate surface area is 148 Å². The van der Waals surface area contributed by atoms with Crippen LogP contribution in [0.3, 0.4) is 0 Å². The highest BCUT2D eigenvalue weighted by molar-refractivity contribution is 5.91. The molecule has 0 spiro atoms. The summed E-state index contributed by atoms with van der Waals surface area (Å²) in [6, 6.07) is 6.70. The fraction of sp³-hybridized carbons (Fsp3) is 0.556. The van der Waals surface area contributed by atoms with Crippen LogP contribution in [-0.2, 0) is 4.74 Å². The van der Waals surface area contributed by atoms with Gasteiger partial charge in [0, 0.05) is 30.6 Å². The first-order chi connectivity index (χ1) is 12.1. The number of carbonyl (C=O) groups excluding carboxylic acids is 2. The average Bonchev–Trinajstić information content (AvgIpc) is 3.13. The van der Waals surface area contributed by atoms with Gasteiger partial charge in [0.05, 0.1) is 6.10 Å². The number of carbonyl (C=O) groups is 2. The molecule has 1 aliphatic heterocycles. The second-order valence-electron chi connectivity index (χ2n) is 6.16. The van der Waals surface area contributed by atoms with Gasteiger partial charge in [-0.1, -0.05) is 13.8 Å². The summed E-state index contributed by atoms with van der Waals surface area (Å²) in [6.45, 7) is 5.37. The number of benzene rings is 1. The topological polar surface area (TPSA) is 91.5 Å². The van der Waals surface area contributed by atoms with E-state index in [-0.39, 0.29) is 24.2 Å². The van der Waals surface area contributed by atoms with Crippen molar-refractivity contribution in [3.05, 3.63) is 24.3 Å². The Balaban J connectivity index is 1.74. The van der Waals surface area contributed by atoms with Crippen LogP contribution in [-0.4, -0.2) is 37.4 Å². The van der Waals surface area contributed by atoms with Gasteiger partial charge in [0.1, 0.15) is 0 Å². The van der Waals surface area contributed by atoms with Crippen molar-refractivity contribution in [1.29, 1.82) is 0 Å². The molecular weight excluding hydrogens is 320 g/mol. The predicted molar refractivity (Wildman–Crippen MR) is 99.0 cm³/mol. The highest BCUT2D eigenvalue weighted by Crippen LogP contribution is 2.14. The van der Waals surface area contributed by atoms with Gasteiger partial charge in [0.25, 0.3) is 0 Å². The van der Waals surface area contributed by atoms with E-state index in [0.717, 1.165) is 32.3 Å². The van der Waals surface area contributed by atoms with Crippen LogP contribution in [0.25, 0.3) is 0 Å². The van der Waals surface area contributed by atoms with Crippen LogP contribution in [0.15, 0.2) is 24.3 Å². The summed E-state index contributed by atoms with van der Waals surface area (Å²) in [4.78, 5) is 23.8. The van der Waals surface area contributed by atoms with Gasteiger partial charge >= 0.3 is 12.1 Å². The molecule has 0 aliphatic carbocycles. The standard InChI is InChI=1S/C18H28N4O3/c1-3-13(4-2)20-18(24)22-15-9-7-14(8-10-15)21-17(23)19-12-16-6-5-11-25-16/h7-10,13,16H,3-6,11-12H2,1-2H3,(H2,19,21,23)(H2,20,22,24)/t16-/m0/s1. The lowest BCUT2D eigenvalue weighted by atomic mass is 10.2. The summed E-state index contributed by atoms with van der Waals surface area (Å²) in [7, 11) is 0. The number of rotatable bonds is 7. The minimum Gasteiger partial charge on any atom is -0.376 e. The van der Waals surface area contributed by atoms with Crippen LogP contribution in [0, 0.1) is 0 Å². The summed E-state index contributed by atoms with van der Waals surface area (Å²) in [6.07, 6.45) is 3.94. The van der Waals surface area contributed by atoms with E-state index >= 15 is 0 Å². The zero-order valence-electron chi connectivity index (χ0n) is 14.9. The molecule has 0 saturated carbocycles. The Morgan fingerprint density at radius 2 is 1.68 bits per heavy atom. The van der Waals surface area contributed by atoms with Crippen molar-refractivity contribution in [3.63, 3.8) is 0 Å². The molecule has 138 valence electrons. The van der Waals surface area contributed by atoms with Crippen LogP contribution < -0.4 is 21.3 Å². The minimum absolute atomic E-state index is 0.117. The summed E-state index contributed by atoms with van der Waals surface area (Å²) in [5.41, 5.74) is 1.34. The van der Waals surface area contributed by atoms with Crippen LogP contribution in [0.5, 0.6) is 0 Å². The quantitative estimate of drug-likeness (QED) is 0.609. The minimum atomic E-state index is -0.261. The molecule has 2 rings (SSSR count). The molecule has 4 N–H and O–H groups in total. The summed E-state index contributed by atoms with van der Waals surface area (Å²) >= 11 is 0. The Kier molecular flexibility index (Phi) is 7.53. The van der Waals surface area contributed by atoms with E-state index in [4.69, 9.17) is 4.74 Å². The molecule has 7 heteroatoms. The second kappa shape index (κ2) is 9.88. The molecular formula is C18H28N4O3. The van der Waals surface area contributed by atoms with E-state index in [1.165, 1.54) is 0 Å². The first kappa shape index (κ1) is 19.1. The van der Waals surface area contributed by atoms with Crippen molar-refractivity contribution in [2.45, 2.75) is 51.7 Å². The number of hydrogen-bond donors (Lipinski definition) is 4. The number of nitrogens with one attached hydrogen (secondary N) is 4. The lowest BCUT2D eigenvalue weighted by Gasteiger charge is -2.15. The van der Waals surface area contributed by atoms with Gasteiger partial charge in [-0.05, 0) is 49.9 Å². The monoisotopic (exact) mass is 348 g/mol. The van der Waals surface area contributed by atoms with Gasteiger partial charge in [-0.2, -0.15) is 0 Å². The Hall–Kier alpha value is -2.28. The van der Waals surface area contributed by atoms with E-state index in [9.17, 15) is 9.59 Å². The largest absolute Gasteiger partial charge is 0.376 e. The lowest BCUT2D eigenvalue weighted by Crippen LogP contribution is -2.37. The average molecular weight is 348 g/mol. The van der Waals surface area contributed by atoms with Gasteiger partial charge in [-0.15, -0.1) is 0 Å². The summed E-state index contributed by atoms with van der Waals surface area (Å²) in [5.74, 6) is 0. The van der Waals surface area contributed by atoms with Gasteiger partial charge < -0.3 is 26.0 Å². The van der Waals surface area contributed by atoms with Crippen molar-refractivity contribution in [2.75, 3.05) is 23.8 Å². The molecule has 0 bridgehead atoms. The molecule has 1 heterocycles. The molecule has 0 aromatic heterocycles. The molecule has 1 aliphatic rings. The predicted octanol–water partition coefficient (Wildman–Crippen LogP) is 3.30. The number of amides is 4. The molecule has 4 amide bonds. The van der Waals surface area contributed by atoms with E-state index < -0.39 is 0 Å². The van der Waals surface area contributed by atoms with Crippen LogP contribution in [0.4, 0.5) is 21.0 Å². The van der Waals surface area contributed by atoms with Crippen molar-refractivity contribution in [3.8, 4) is 0 Å². The van der Waals surface area contributed by atoms with Crippen molar-refractivity contribution in [1.82, 2.24) is 10.6 Å². The highest BCUT2D eigenvalue weighted by Gasteiger charge is 2.16. The maximum atomic E-state index is 11.9. The maximum Gasteiger partial charge on any atom is 0.319 e. The normalized spacial score (nSPS) is 16.5. The molecule has 1 aromatic rings. The Morgan fingerprint density at radius 1 is 1.08 bits per heavy atom. The first-order valence-electron chi connectivity index (χ1n) is 8.94. The Bertz CT molecular complexity index is 552. The highest BCUT2D eigenvalue weighted by atomic mass is 16.5. The number of urea groups is 2. The number of hydrogen-bond acceptors (Lipinski definition) is 3. The number of ether oxygens (including phenoxy) is 1. The van der Waals surface area contributed by atoms with Crippen molar-refractivity contribution < 1.29 is 14.3 Å². The zero-order chi connectivity index (χ0) is 18.1. The van der Waals surface area contributed by atoms with Crippen molar-refractivity contribution >= 4 is 23.4 Å². The molecule has 25 heavy (non-hydrogen) atoms. The third-order valence-electron chi connectivity index (χ3n) is 4.24. The van der Waals surface area contributed by atoms with E-state index in [1.807, 2.05) is 13.8 Å². The van der Waals surface area contributed by atoms with Crippen molar-refractivity contribution in [2.24, 2.45) is 0 Å². The first-order valence-corrected chi connectivity index (χ1v) is 8.94. The fourth-order valence-corrected chi connectivity index (χ4v) is 2.67. The lowest BCUT2D eigenvalue weighted by molar-refractivity contribution is 0.112. The molecule has 1 atom stereocenters. The zero-order valence-corrected chi connectivity index (χ0v) is 14.9. The van der Waals surface area contributed by atoms with E-state index in [0.29, 0.717) is 17.9 Å². The third-order valence-corrected chi connectivity index (χ3v) is 4.24. The van der Waals surface area contributed by atoms with Gasteiger partial charge in [0.15, 0.2) is 0 Å². The maximum absolute atomic E-state index is 11.9. The smallest absolute Gasteiger partial charge is 0.319 e. The third kappa shape index (κ3) is 6.62. The van der Waals surface area contributed by atoms with E-state index in [1.54, 1.807) is 24.3 Å². The Morgan fingerprint density at radius 3 is 2.20 bits per heavy atom. The number of anilines is 2. The molecule has 7 nitrogen and oxygen atoms in total. The van der Waals surface area contributed by atoms with Gasteiger partial charge in [-0.3, -0.25) is 0 Å². The molecule has 0 unspecified atom stereocenters. The molecule has 1 fully saturated rings. The van der Waals surface area contributed by atoms with E-state index in [2.05, 4.69) is 21.3 Å². The van der Waals surface area contributed by atoms with Crippen LogP contribution in [0.2, 0.25) is 0 Å². The summed E-state index contributed by atoms with van der Waals surface area (Å²) in [5, 5.41) is 11.3. The summed E-state index contributed by atoms with van der Waals surface area (Å²) < 4.78 is 5.46. The second-order valence-corrected chi connectivity index (χ2v) is 6.16. The fourth-order valence-electron chi connectivity index (χ4n) is 2.67. The SMILES string of the molecule is CCC(CC)NC(=O)Nc1ccc(NC(=O)NC[C@@H]2CCCO2)cc1. The molecule has 1 aromatic carbocycles. The van der Waals surface area contributed by atoms with Crippen LogP contribution >= 0.6 is 0 Å². The van der Waals surface area contributed by atoms with Gasteiger partial charge in [0.2, 0.25) is 0 Å². The van der Waals surface area contributed by atoms with Gasteiger partial charge in [-0.25, -0.2) is 9.59 Å². The van der Waals surface area contributed by atoms with Crippen LogP contribution in [0.1, 0.15) is 39.5 Å². The molecule has 1 saturated heterocycles. The molecule has 0 radical (unpaired) electrons.